The van der Waals surface area contributed by atoms with Gasteiger partial charge in [-0.1, -0.05) is 37.1 Å². The third-order valence-corrected chi connectivity index (χ3v) is 5.20. The number of aliphatic imine (C=N–C) groups is 1. The molecule has 1 saturated carbocycles. The predicted octanol–water partition coefficient (Wildman–Crippen LogP) is 3.49. The molecule has 1 spiro atoms. The van der Waals surface area contributed by atoms with Gasteiger partial charge in [0.25, 0.3) is 5.91 Å². The molecule has 1 aromatic rings. The van der Waals surface area contributed by atoms with Gasteiger partial charge < -0.3 is 5.11 Å². The molecule has 24 heavy (non-hydrogen) atoms. The smallest absolute Gasteiger partial charge is 0.326 e. The fraction of sp³-hybridized carbons (Fsp3) is 0.500. The van der Waals surface area contributed by atoms with Crippen molar-refractivity contribution in [3.8, 4) is 0 Å². The number of rotatable bonds is 4. The molecule has 1 amide bonds. The first-order valence-electron chi connectivity index (χ1n) is 8.41. The second-order valence-corrected chi connectivity index (χ2v) is 6.88. The maximum Gasteiger partial charge on any atom is 0.326 e. The lowest BCUT2D eigenvalue weighted by molar-refractivity contribution is -0.153. The third-order valence-electron chi connectivity index (χ3n) is 4.95. The Kier molecular flexibility index (Phi) is 4.63. The summed E-state index contributed by atoms with van der Waals surface area (Å²) in [4.78, 5) is 31.1. The van der Waals surface area contributed by atoms with Crippen LogP contribution in [0.25, 0.3) is 0 Å². The van der Waals surface area contributed by atoms with E-state index in [9.17, 15) is 14.7 Å². The first-order chi connectivity index (χ1) is 11.5. The molecule has 1 N–H and O–H groups in total. The van der Waals surface area contributed by atoms with Gasteiger partial charge in [-0.05, 0) is 44.2 Å². The van der Waals surface area contributed by atoms with Crippen LogP contribution in [0, 0.1) is 0 Å². The number of halogens is 1. The molecule has 1 fully saturated rings. The fourth-order valence-electron chi connectivity index (χ4n) is 3.78. The van der Waals surface area contributed by atoms with Crippen LogP contribution in [-0.4, -0.2) is 39.3 Å². The van der Waals surface area contributed by atoms with E-state index < -0.39 is 17.7 Å². The van der Waals surface area contributed by atoms with Crippen LogP contribution in [0.15, 0.2) is 29.3 Å². The average molecular weight is 349 g/mol. The van der Waals surface area contributed by atoms with Crippen LogP contribution in [0.4, 0.5) is 0 Å². The van der Waals surface area contributed by atoms with E-state index in [-0.39, 0.29) is 5.91 Å². The minimum absolute atomic E-state index is 0.284. The second-order valence-electron chi connectivity index (χ2n) is 6.45. The summed E-state index contributed by atoms with van der Waals surface area (Å²) in [6.45, 7) is 1.79. The molecule has 128 valence electrons. The Bertz CT molecular complexity index is 678. The molecule has 1 aliphatic heterocycles. The number of carbonyl (C=O) groups is 2. The van der Waals surface area contributed by atoms with E-state index >= 15 is 0 Å². The summed E-state index contributed by atoms with van der Waals surface area (Å²) in [5.74, 6) is -1.25. The Morgan fingerprint density at radius 1 is 1.29 bits per heavy atom. The minimum atomic E-state index is -0.969. The standard InChI is InChI=1S/C18H21ClN2O3/c1-2-14(17(23)24)21-16(22)15(12-6-8-13(19)9-7-12)20-18(21)10-4-3-5-11-18/h6-9,14H,2-5,10-11H2,1H3,(H,23,24). The number of carboxylic acid groups (broad SMARTS) is 1. The Morgan fingerprint density at radius 2 is 1.92 bits per heavy atom. The summed E-state index contributed by atoms with van der Waals surface area (Å²) in [6.07, 6.45) is 4.82. The van der Waals surface area contributed by atoms with Crippen molar-refractivity contribution in [2.75, 3.05) is 0 Å². The van der Waals surface area contributed by atoms with Crippen LogP contribution in [0.1, 0.15) is 51.0 Å². The number of hydrogen-bond donors (Lipinski definition) is 1. The average Bonchev–Trinajstić information content (AvgIpc) is 2.83. The Labute approximate surface area is 146 Å². The van der Waals surface area contributed by atoms with Crippen LogP contribution < -0.4 is 0 Å². The fourth-order valence-corrected chi connectivity index (χ4v) is 3.90. The number of nitrogens with zero attached hydrogens (tertiary/aromatic N) is 2. The van der Waals surface area contributed by atoms with Crippen LogP contribution >= 0.6 is 11.6 Å². The highest BCUT2D eigenvalue weighted by Gasteiger charge is 2.51. The van der Waals surface area contributed by atoms with E-state index in [1.165, 1.54) is 4.90 Å². The number of hydrogen-bond acceptors (Lipinski definition) is 3. The Morgan fingerprint density at radius 3 is 2.46 bits per heavy atom. The molecule has 1 aromatic carbocycles. The number of carbonyl (C=O) groups excluding carboxylic acids is 1. The molecule has 1 atom stereocenters. The van der Waals surface area contributed by atoms with E-state index in [1.54, 1.807) is 31.2 Å². The van der Waals surface area contributed by atoms with Gasteiger partial charge in [0.05, 0.1) is 0 Å². The number of carboxylic acids is 1. The molecule has 0 saturated heterocycles. The van der Waals surface area contributed by atoms with Crippen molar-refractivity contribution in [3.63, 3.8) is 0 Å². The lowest BCUT2D eigenvalue weighted by Gasteiger charge is -2.41. The van der Waals surface area contributed by atoms with Gasteiger partial charge in [-0.3, -0.25) is 14.7 Å². The summed E-state index contributed by atoms with van der Waals surface area (Å²) in [7, 11) is 0. The quantitative estimate of drug-likeness (QED) is 0.905. The summed E-state index contributed by atoms with van der Waals surface area (Å²) in [5.41, 5.74) is 0.342. The summed E-state index contributed by atoms with van der Waals surface area (Å²) in [5, 5.41) is 10.2. The largest absolute Gasteiger partial charge is 0.480 e. The highest BCUT2D eigenvalue weighted by atomic mass is 35.5. The van der Waals surface area contributed by atoms with E-state index in [2.05, 4.69) is 0 Å². The number of benzene rings is 1. The highest BCUT2D eigenvalue weighted by Crippen LogP contribution is 2.41. The molecule has 1 aliphatic carbocycles. The molecule has 3 rings (SSSR count). The van der Waals surface area contributed by atoms with Gasteiger partial charge in [0.2, 0.25) is 0 Å². The van der Waals surface area contributed by atoms with Crippen molar-refractivity contribution in [1.29, 1.82) is 0 Å². The molecule has 2 aliphatic rings. The van der Waals surface area contributed by atoms with Gasteiger partial charge in [0.15, 0.2) is 0 Å². The van der Waals surface area contributed by atoms with Crippen LogP contribution in [0.2, 0.25) is 5.02 Å². The number of aliphatic carboxylic acids is 1. The maximum atomic E-state index is 13.1. The van der Waals surface area contributed by atoms with Crippen molar-refractivity contribution in [1.82, 2.24) is 4.90 Å². The first kappa shape index (κ1) is 17.0. The summed E-state index contributed by atoms with van der Waals surface area (Å²) >= 11 is 5.93. The zero-order valence-electron chi connectivity index (χ0n) is 13.7. The SMILES string of the molecule is CCC(C(=O)O)N1C(=O)C(c2ccc(Cl)cc2)=NC12CCCCC2. The molecule has 0 aromatic heterocycles. The lowest BCUT2D eigenvalue weighted by Crippen LogP contribution is -2.55. The zero-order valence-corrected chi connectivity index (χ0v) is 14.4. The third kappa shape index (κ3) is 2.81. The molecular weight excluding hydrogens is 328 g/mol. The normalized spacial score (nSPS) is 21.0. The number of amides is 1. The van der Waals surface area contributed by atoms with Gasteiger partial charge in [0.1, 0.15) is 17.4 Å². The molecule has 0 radical (unpaired) electrons. The van der Waals surface area contributed by atoms with Gasteiger partial charge in [-0.2, -0.15) is 0 Å². The van der Waals surface area contributed by atoms with Crippen LogP contribution in [0.5, 0.6) is 0 Å². The topological polar surface area (TPSA) is 70.0 Å². The maximum absolute atomic E-state index is 13.1. The summed E-state index contributed by atoms with van der Waals surface area (Å²) in [6, 6.07) is 6.13. The van der Waals surface area contributed by atoms with Crippen molar-refractivity contribution < 1.29 is 14.7 Å². The molecule has 1 unspecified atom stereocenters. The van der Waals surface area contributed by atoms with Crippen molar-refractivity contribution >= 4 is 29.2 Å². The monoisotopic (exact) mass is 348 g/mol. The molecule has 1 heterocycles. The van der Waals surface area contributed by atoms with Crippen molar-refractivity contribution in [2.24, 2.45) is 4.99 Å². The first-order valence-corrected chi connectivity index (χ1v) is 8.78. The van der Waals surface area contributed by atoms with Crippen molar-refractivity contribution in [3.05, 3.63) is 34.9 Å². The van der Waals surface area contributed by atoms with E-state index in [0.29, 0.717) is 22.7 Å². The molecule has 0 bridgehead atoms. The van der Waals surface area contributed by atoms with Gasteiger partial charge in [-0.25, -0.2) is 4.79 Å². The minimum Gasteiger partial charge on any atom is -0.480 e. The van der Waals surface area contributed by atoms with E-state index in [1.807, 2.05) is 0 Å². The lowest BCUT2D eigenvalue weighted by atomic mass is 9.87. The van der Waals surface area contributed by atoms with Crippen LogP contribution in [-0.2, 0) is 9.59 Å². The van der Waals surface area contributed by atoms with E-state index in [0.717, 1.165) is 32.1 Å². The van der Waals surface area contributed by atoms with Crippen molar-refractivity contribution in [2.45, 2.75) is 57.2 Å². The molecular formula is C18H21ClN2O3. The predicted molar refractivity (Wildman–Crippen MR) is 92.4 cm³/mol. The Hall–Kier alpha value is -1.88. The van der Waals surface area contributed by atoms with Gasteiger partial charge in [-0.15, -0.1) is 0 Å². The summed E-state index contributed by atoms with van der Waals surface area (Å²) < 4.78 is 0. The van der Waals surface area contributed by atoms with Crippen LogP contribution in [0.3, 0.4) is 0 Å². The van der Waals surface area contributed by atoms with Gasteiger partial charge in [0, 0.05) is 10.6 Å². The molecule has 6 heteroatoms. The van der Waals surface area contributed by atoms with E-state index in [4.69, 9.17) is 16.6 Å². The highest BCUT2D eigenvalue weighted by molar-refractivity contribution is 6.47. The second kappa shape index (κ2) is 6.55. The van der Waals surface area contributed by atoms with Gasteiger partial charge >= 0.3 is 5.97 Å². The molecule has 5 nitrogen and oxygen atoms in total. The zero-order chi connectivity index (χ0) is 17.3. The Balaban J connectivity index is 2.05.